The Morgan fingerprint density at radius 1 is 1.15 bits per heavy atom. The van der Waals surface area contributed by atoms with E-state index >= 15 is 0 Å². The van der Waals surface area contributed by atoms with Gasteiger partial charge < -0.3 is 15.2 Å². The van der Waals surface area contributed by atoms with E-state index in [1.807, 2.05) is 36.4 Å². The van der Waals surface area contributed by atoms with Gasteiger partial charge in [-0.2, -0.15) is 0 Å². The van der Waals surface area contributed by atoms with Crippen molar-refractivity contribution in [2.45, 2.75) is 42.1 Å². The molecule has 1 aliphatic rings. The lowest BCUT2D eigenvalue weighted by Crippen LogP contribution is -2.40. The van der Waals surface area contributed by atoms with Gasteiger partial charge in [0.05, 0.1) is 11.7 Å². The van der Waals surface area contributed by atoms with Gasteiger partial charge >= 0.3 is 5.97 Å². The highest BCUT2D eigenvalue weighted by atomic mass is 32.2. The number of carboxylic acids is 1. The Hall–Kier alpha value is -2.31. The Morgan fingerprint density at radius 3 is 2.59 bits per heavy atom. The van der Waals surface area contributed by atoms with E-state index in [0.29, 0.717) is 17.1 Å². The number of ether oxygens (including phenoxy) is 1. The molecule has 3 unspecified atom stereocenters. The molecule has 0 spiro atoms. The smallest absolute Gasteiger partial charge is 0.316 e. The van der Waals surface area contributed by atoms with Crippen LogP contribution in [-0.4, -0.2) is 34.9 Å². The van der Waals surface area contributed by atoms with Gasteiger partial charge in [-0.25, -0.2) is 0 Å². The van der Waals surface area contributed by atoms with Gasteiger partial charge in [0.25, 0.3) is 5.91 Å². The molecule has 1 fully saturated rings. The molecule has 0 saturated carbocycles. The Balaban J connectivity index is 1.67. The first-order valence-electron chi connectivity index (χ1n) is 9.00. The summed E-state index contributed by atoms with van der Waals surface area (Å²) in [5, 5.41) is 11.6. The third kappa shape index (κ3) is 5.11. The number of nitrogens with one attached hydrogen (secondary N) is 1. The molecule has 2 N–H and O–H groups in total. The normalized spacial score (nSPS) is 20.6. The average Bonchev–Trinajstić information content (AvgIpc) is 2.69. The minimum atomic E-state index is -0.898. The molecule has 2 aromatic rings. The first kappa shape index (κ1) is 19.5. The van der Waals surface area contributed by atoms with Crippen molar-refractivity contribution in [3.63, 3.8) is 0 Å². The molecule has 0 bridgehead atoms. The van der Waals surface area contributed by atoms with Crippen LogP contribution in [0.1, 0.15) is 41.8 Å². The molecule has 1 saturated heterocycles. The van der Waals surface area contributed by atoms with Gasteiger partial charge in [0.15, 0.2) is 0 Å². The largest absolute Gasteiger partial charge is 0.480 e. The SMILES string of the molecule is CC(Sc1ccccc1C(=O)NC1CCOC(c2ccccc2)C1)C(=O)O. The highest BCUT2D eigenvalue weighted by Crippen LogP contribution is 2.30. The highest BCUT2D eigenvalue weighted by Gasteiger charge is 2.26. The summed E-state index contributed by atoms with van der Waals surface area (Å²) in [4.78, 5) is 24.6. The second-order valence-corrected chi connectivity index (χ2v) is 7.94. The summed E-state index contributed by atoms with van der Waals surface area (Å²) in [5.41, 5.74) is 1.63. The van der Waals surface area contributed by atoms with Crippen molar-refractivity contribution in [3.05, 3.63) is 65.7 Å². The van der Waals surface area contributed by atoms with Crippen LogP contribution < -0.4 is 5.32 Å². The predicted molar refractivity (Wildman–Crippen MR) is 105 cm³/mol. The summed E-state index contributed by atoms with van der Waals surface area (Å²) in [7, 11) is 0. The molecule has 1 amide bonds. The van der Waals surface area contributed by atoms with Crippen molar-refractivity contribution in [1.82, 2.24) is 5.32 Å². The maximum absolute atomic E-state index is 12.8. The molecule has 142 valence electrons. The van der Waals surface area contributed by atoms with Crippen LogP contribution in [0.4, 0.5) is 0 Å². The zero-order chi connectivity index (χ0) is 19.2. The molecular weight excluding hydrogens is 362 g/mol. The van der Waals surface area contributed by atoms with Gasteiger partial charge in [0.2, 0.25) is 0 Å². The van der Waals surface area contributed by atoms with Crippen LogP contribution in [0, 0.1) is 0 Å². The lowest BCUT2D eigenvalue weighted by molar-refractivity contribution is -0.136. The third-order valence-electron chi connectivity index (χ3n) is 4.57. The van der Waals surface area contributed by atoms with Gasteiger partial charge in [0, 0.05) is 17.5 Å². The highest BCUT2D eigenvalue weighted by molar-refractivity contribution is 8.00. The van der Waals surface area contributed by atoms with Crippen molar-refractivity contribution in [3.8, 4) is 0 Å². The molecule has 0 radical (unpaired) electrons. The van der Waals surface area contributed by atoms with Crippen molar-refractivity contribution < 1.29 is 19.4 Å². The van der Waals surface area contributed by atoms with Gasteiger partial charge in [-0.3, -0.25) is 9.59 Å². The van der Waals surface area contributed by atoms with Crippen LogP contribution in [-0.2, 0) is 9.53 Å². The summed E-state index contributed by atoms with van der Waals surface area (Å²) < 4.78 is 5.86. The lowest BCUT2D eigenvalue weighted by Gasteiger charge is -2.30. The third-order valence-corrected chi connectivity index (χ3v) is 5.74. The molecule has 2 aromatic carbocycles. The Bertz CT molecular complexity index is 796. The fraction of sp³-hybridized carbons (Fsp3) is 0.333. The molecular formula is C21H23NO4S. The van der Waals surface area contributed by atoms with E-state index in [4.69, 9.17) is 9.84 Å². The zero-order valence-electron chi connectivity index (χ0n) is 15.1. The van der Waals surface area contributed by atoms with E-state index in [1.165, 1.54) is 11.8 Å². The number of amides is 1. The minimum Gasteiger partial charge on any atom is -0.480 e. The summed E-state index contributed by atoms with van der Waals surface area (Å²) >= 11 is 1.18. The number of carbonyl (C=O) groups is 2. The minimum absolute atomic E-state index is 0.0198. The zero-order valence-corrected chi connectivity index (χ0v) is 15.9. The molecule has 1 aliphatic heterocycles. The summed E-state index contributed by atoms with van der Waals surface area (Å²) in [5.74, 6) is -1.07. The second-order valence-electron chi connectivity index (χ2n) is 6.56. The molecule has 27 heavy (non-hydrogen) atoms. The van der Waals surface area contributed by atoms with E-state index in [9.17, 15) is 9.59 Å². The van der Waals surface area contributed by atoms with Gasteiger partial charge in [-0.15, -0.1) is 11.8 Å². The number of thioether (sulfide) groups is 1. The Morgan fingerprint density at radius 2 is 1.85 bits per heavy atom. The van der Waals surface area contributed by atoms with Crippen LogP contribution in [0.25, 0.3) is 0 Å². The molecule has 5 nitrogen and oxygen atoms in total. The predicted octanol–water partition coefficient (Wildman–Crippen LogP) is 3.90. The molecule has 1 heterocycles. The van der Waals surface area contributed by atoms with Crippen LogP contribution in [0.15, 0.2) is 59.5 Å². The van der Waals surface area contributed by atoms with E-state index in [1.54, 1.807) is 25.1 Å². The molecule has 3 rings (SSSR count). The topological polar surface area (TPSA) is 75.6 Å². The summed E-state index contributed by atoms with van der Waals surface area (Å²) in [6.07, 6.45) is 1.45. The lowest BCUT2D eigenvalue weighted by atomic mass is 9.97. The van der Waals surface area contributed by atoms with E-state index in [0.717, 1.165) is 18.4 Å². The molecule has 0 aromatic heterocycles. The van der Waals surface area contributed by atoms with Crippen LogP contribution in [0.5, 0.6) is 0 Å². The molecule has 6 heteroatoms. The van der Waals surface area contributed by atoms with Crippen molar-refractivity contribution in [2.75, 3.05) is 6.61 Å². The number of aliphatic carboxylic acids is 1. The van der Waals surface area contributed by atoms with Gasteiger partial charge in [-0.05, 0) is 37.5 Å². The number of carboxylic acid groups (broad SMARTS) is 1. The van der Waals surface area contributed by atoms with E-state index < -0.39 is 11.2 Å². The van der Waals surface area contributed by atoms with Gasteiger partial charge in [0.1, 0.15) is 5.25 Å². The number of benzene rings is 2. The first-order chi connectivity index (χ1) is 13.0. The molecule has 0 aliphatic carbocycles. The standard InChI is InChI=1S/C21H23NO4S/c1-14(21(24)25)27-19-10-6-5-9-17(19)20(23)22-16-11-12-26-18(13-16)15-7-3-2-4-8-15/h2-10,14,16,18H,11-13H2,1H3,(H,22,23)(H,24,25). The average molecular weight is 385 g/mol. The van der Waals surface area contributed by atoms with Gasteiger partial charge in [-0.1, -0.05) is 42.5 Å². The fourth-order valence-corrected chi connectivity index (χ4v) is 4.02. The number of hydrogen-bond acceptors (Lipinski definition) is 4. The van der Waals surface area contributed by atoms with Crippen molar-refractivity contribution >= 4 is 23.6 Å². The first-order valence-corrected chi connectivity index (χ1v) is 9.88. The van der Waals surface area contributed by atoms with Crippen LogP contribution >= 0.6 is 11.8 Å². The van der Waals surface area contributed by atoms with E-state index in [2.05, 4.69) is 5.32 Å². The number of carbonyl (C=O) groups excluding carboxylic acids is 1. The Kier molecular flexibility index (Phi) is 6.53. The number of rotatable bonds is 6. The maximum Gasteiger partial charge on any atom is 0.316 e. The quantitative estimate of drug-likeness (QED) is 0.738. The summed E-state index contributed by atoms with van der Waals surface area (Å²) in [6.45, 7) is 2.21. The second kappa shape index (κ2) is 9.06. The van der Waals surface area contributed by atoms with E-state index in [-0.39, 0.29) is 18.1 Å². The fourth-order valence-electron chi connectivity index (χ4n) is 3.09. The van der Waals surface area contributed by atoms with Crippen molar-refractivity contribution in [2.24, 2.45) is 0 Å². The van der Waals surface area contributed by atoms with Crippen molar-refractivity contribution in [1.29, 1.82) is 0 Å². The van der Waals surface area contributed by atoms with Crippen LogP contribution in [0.3, 0.4) is 0 Å². The maximum atomic E-state index is 12.8. The number of hydrogen-bond donors (Lipinski definition) is 2. The monoisotopic (exact) mass is 385 g/mol. The summed E-state index contributed by atoms with van der Waals surface area (Å²) in [6, 6.07) is 17.2. The Labute approximate surface area is 163 Å². The van der Waals surface area contributed by atoms with Crippen LogP contribution in [0.2, 0.25) is 0 Å². The molecule has 3 atom stereocenters.